The molecule has 1 aliphatic rings. The number of nitrogens with two attached hydrogens (primary N) is 1. The van der Waals surface area contributed by atoms with Gasteiger partial charge in [-0.25, -0.2) is 4.98 Å². The lowest BCUT2D eigenvalue weighted by atomic mass is 10.1. The normalized spacial score (nSPS) is 18.7. The minimum atomic E-state index is 0.490. The Hall–Kier alpha value is -1.19. The summed E-state index contributed by atoms with van der Waals surface area (Å²) in [6.07, 6.45) is 2.33. The summed E-state index contributed by atoms with van der Waals surface area (Å²) in [6.45, 7) is 0.727. The van der Waals surface area contributed by atoms with Gasteiger partial charge in [0, 0.05) is 22.9 Å². The maximum Gasteiger partial charge on any atom is 0.123 e. The number of hydrogen-bond acceptors (Lipinski definition) is 3. The van der Waals surface area contributed by atoms with Crippen LogP contribution in [0.4, 0.5) is 0 Å². The zero-order valence-electron chi connectivity index (χ0n) is 9.02. The van der Waals surface area contributed by atoms with Gasteiger partial charge in [-0.2, -0.15) is 0 Å². The average molecular weight is 230 g/mol. The fraction of sp³-hybridized carbons (Fsp3) is 0.308. The Balaban J connectivity index is 2.00. The highest BCUT2D eigenvalue weighted by atomic mass is 32.1. The van der Waals surface area contributed by atoms with Gasteiger partial charge in [0.15, 0.2) is 0 Å². The first kappa shape index (κ1) is 10.00. The van der Waals surface area contributed by atoms with Crippen LogP contribution in [0.2, 0.25) is 0 Å². The molecule has 3 heteroatoms. The predicted molar refractivity (Wildman–Crippen MR) is 67.7 cm³/mol. The third-order valence-electron chi connectivity index (χ3n) is 3.14. The van der Waals surface area contributed by atoms with Crippen LogP contribution in [0.3, 0.4) is 0 Å². The van der Waals surface area contributed by atoms with Gasteiger partial charge in [0.2, 0.25) is 0 Å². The maximum atomic E-state index is 5.76. The van der Waals surface area contributed by atoms with Crippen LogP contribution in [0.1, 0.15) is 22.9 Å². The van der Waals surface area contributed by atoms with E-state index >= 15 is 0 Å². The van der Waals surface area contributed by atoms with Gasteiger partial charge in [-0.05, 0) is 12.8 Å². The average Bonchev–Trinajstić information content (AvgIpc) is 2.89. The molecule has 0 aliphatic heterocycles. The molecule has 0 bridgehead atoms. The number of hydrogen-bond donors (Lipinski definition) is 1. The quantitative estimate of drug-likeness (QED) is 0.861. The molecule has 3 rings (SSSR count). The number of nitrogens with zero attached hydrogens (tertiary/aromatic N) is 1. The smallest absolute Gasteiger partial charge is 0.123 e. The van der Waals surface area contributed by atoms with Gasteiger partial charge in [0.1, 0.15) is 5.01 Å². The minimum Gasteiger partial charge on any atom is -0.330 e. The largest absolute Gasteiger partial charge is 0.330 e. The van der Waals surface area contributed by atoms with Gasteiger partial charge < -0.3 is 5.73 Å². The molecule has 2 aromatic rings. The van der Waals surface area contributed by atoms with Crippen LogP contribution in [0, 0.1) is 0 Å². The summed E-state index contributed by atoms with van der Waals surface area (Å²) in [5, 5.41) is 1.14. The van der Waals surface area contributed by atoms with E-state index in [1.807, 2.05) is 17.4 Å². The van der Waals surface area contributed by atoms with Gasteiger partial charge in [-0.1, -0.05) is 30.3 Å². The Morgan fingerprint density at radius 1 is 1.31 bits per heavy atom. The molecule has 1 aliphatic carbocycles. The van der Waals surface area contributed by atoms with E-state index in [1.165, 1.54) is 22.6 Å². The summed E-state index contributed by atoms with van der Waals surface area (Å²) < 4.78 is 0. The topological polar surface area (TPSA) is 38.9 Å². The molecule has 2 N–H and O–H groups in total. The number of benzene rings is 1. The first-order valence-corrected chi connectivity index (χ1v) is 6.45. The molecule has 0 saturated heterocycles. The Kier molecular flexibility index (Phi) is 2.50. The molecule has 0 radical (unpaired) electrons. The van der Waals surface area contributed by atoms with Crippen molar-refractivity contribution in [1.82, 2.24) is 4.98 Å². The number of aryl methyl sites for hydroxylation is 1. The van der Waals surface area contributed by atoms with Crippen molar-refractivity contribution < 1.29 is 0 Å². The van der Waals surface area contributed by atoms with Gasteiger partial charge >= 0.3 is 0 Å². The lowest BCUT2D eigenvalue weighted by molar-refractivity contribution is 0.675. The van der Waals surface area contributed by atoms with Crippen molar-refractivity contribution in [2.75, 3.05) is 6.54 Å². The van der Waals surface area contributed by atoms with E-state index in [0.29, 0.717) is 5.92 Å². The third-order valence-corrected chi connectivity index (χ3v) is 4.32. The van der Waals surface area contributed by atoms with Gasteiger partial charge in [-0.3, -0.25) is 0 Å². The van der Waals surface area contributed by atoms with E-state index in [9.17, 15) is 0 Å². The van der Waals surface area contributed by atoms with Crippen LogP contribution >= 0.6 is 11.3 Å². The van der Waals surface area contributed by atoms with E-state index in [2.05, 4.69) is 24.3 Å². The molecule has 0 saturated carbocycles. The second kappa shape index (κ2) is 4.00. The first-order chi connectivity index (χ1) is 7.88. The van der Waals surface area contributed by atoms with E-state index < -0.39 is 0 Å². The molecule has 0 amide bonds. The number of thiazole rings is 1. The van der Waals surface area contributed by atoms with Crippen molar-refractivity contribution in [1.29, 1.82) is 0 Å². The minimum absolute atomic E-state index is 0.490. The molecule has 1 atom stereocenters. The molecule has 1 aromatic heterocycles. The monoisotopic (exact) mass is 230 g/mol. The van der Waals surface area contributed by atoms with Crippen LogP contribution in [0.15, 0.2) is 30.3 Å². The SMILES string of the molecule is NCC1CCc2sc(-c3ccccc3)nc21. The summed E-state index contributed by atoms with van der Waals surface area (Å²) >= 11 is 1.83. The van der Waals surface area contributed by atoms with Gasteiger partial charge in [0.05, 0.1) is 5.69 Å². The highest BCUT2D eigenvalue weighted by molar-refractivity contribution is 7.15. The van der Waals surface area contributed by atoms with Crippen molar-refractivity contribution >= 4 is 11.3 Å². The molecule has 0 fully saturated rings. The van der Waals surface area contributed by atoms with Gasteiger partial charge in [0.25, 0.3) is 0 Å². The van der Waals surface area contributed by atoms with Crippen LogP contribution in [-0.4, -0.2) is 11.5 Å². The highest BCUT2D eigenvalue weighted by Gasteiger charge is 2.26. The fourth-order valence-corrected chi connectivity index (χ4v) is 3.41. The van der Waals surface area contributed by atoms with Crippen molar-refractivity contribution in [3.8, 4) is 10.6 Å². The second-order valence-electron chi connectivity index (χ2n) is 4.16. The van der Waals surface area contributed by atoms with Crippen molar-refractivity contribution in [3.63, 3.8) is 0 Å². The fourth-order valence-electron chi connectivity index (χ4n) is 2.24. The summed E-state index contributed by atoms with van der Waals surface area (Å²) in [7, 11) is 0. The summed E-state index contributed by atoms with van der Waals surface area (Å²) in [6, 6.07) is 10.4. The predicted octanol–water partition coefficient (Wildman–Crippen LogP) is 2.80. The van der Waals surface area contributed by atoms with Crippen molar-refractivity contribution in [3.05, 3.63) is 40.9 Å². The second-order valence-corrected chi connectivity index (χ2v) is 5.25. The van der Waals surface area contributed by atoms with Crippen molar-refractivity contribution in [2.45, 2.75) is 18.8 Å². The summed E-state index contributed by atoms with van der Waals surface area (Å²) in [5.41, 5.74) is 8.24. The molecule has 16 heavy (non-hydrogen) atoms. The third kappa shape index (κ3) is 1.56. The molecule has 0 spiro atoms. The van der Waals surface area contributed by atoms with Crippen LogP contribution in [-0.2, 0) is 6.42 Å². The van der Waals surface area contributed by atoms with Crippen LogP contribution < -0.4 is 5.73 Å². The molecule has 1 heterocycles. The molecule has 2 nitrogen and oxygen atoms in total. The zero-order chi connectivity index (χ0) is 11.0. The molecular weight excluding hydrogens is 216 g/mol. The number of fused-ring (bicyclic) bond motifs is 1. The summed E-state index contributed by atoms with van der Waals surface area (Å²) in [5.74, 6) is 0.490. The first-order valence-electron chi connectivity index (χ1n) is 5.63. The molecule has 82 valence electrons. The Bertz CT molecular complexity index is 490. The van der Waals surface area contributed by atoms with Crippen LogP contribution in [0.25, 0.3) is 10.6 Å². The standard InChI is InChI=1S/C13H14N2S/c14-8-10-6-7-11-12(10)15-13(16-11)9-4-2-1-3-5-9/h1-5,10H,6-8,14H2. The van der Waals surface area contributed by atoms with Crippen LogP contribution in [0.5, 0.6) is 0 Å². The van der Waals surface area contributed by atoms with Crippen molar-refractivity contribution in [2.24, 2.45) is 5.73 Å². The Labute approximate surface area is 99.1 Å². The lowest BCUT2D eigenvalue weighted by Crippen LogP contribution is -2.09. The van der Waals surface area contributed by atoms with E-state index in [4.69, 9.17) is 10.7 Å². The highest BCUT2D eigenvalue weighted by Crippen LogP contribution is 2.38. The zero-order valence-corrected chi connectivity index (χ0v) is 9.83. The van der Waals surface area contributed by atoms with E-state index in [-0.39, 0.29) is 0 Å². The van der Waals surface area contributed by atoms with E-state index in [0.717, 1.165) is 18.0 Å². The molecule has 1 unspecified atom stereocenters. The number of rotatable bonds is 2. The summed E-state index contributed by atoms with van der Waals surface area (Å²) in [4.78, 5) is 6.19. The van der Waals surface area contributed by atoms with Gasteiger partial charge in [-0.15, -0.1) is 11.3 Å². The lowest BCUT2D eigenvalue weighted by Gasteiger charge is -2.03. The Morgan fingerprint density at radius 3 is 2.88 bits per heavy atom. The number of aromatic nitrogens is 1. The maximum absolute atomic E-state index is 5.76. The molecular formula is C13H14N2S. The van der Waals surface area contributed by atoms with E-state index in [1.54, 1.807) is 0 Å². The molecule has 1 aromatic carbocycles. The Morgan fingerprint density at radius 2 is 2.12 bits per heavy atom.